The topological polar surface area (TPSA) is 83.5 Å². The molecule has 4 unspecified atom stereocenters. The number of carbonyl (C=O) groups excluding carboxylic acids is 1. The predicted octanol–water partition coefficient (Wildman–Crippen LogP) is 3.78. The van der Waals surface area contributed by atoms with Gasteiger partial charge in [-0.25, -0.2) is 4.79 Å². The summed E-state index contributed by atoms with van der Waals surface area (Å²) in [6.45, 7) is 12.3. The molecule has 0 saturated carbocycles. The van der Waals surface area contributed by atoms with Crippen molar-refractivity contribution < 1.29 is 33.6 Å². The molecule has 0 aliphatic carbocycles. The predicted molar refractivity (Wildman–Crippen MR) is 119 cm³/mol. The first kappa shape index (κ1) is 25.1. The summed E-state index contributed by atoms with van der Waals surface area (Å²) in [5.74, 6) is -0.776. The number of benzene rings is 1. The fraction of sp³-hybridized carbons (Fsp3) is 0.720. The zero-order valence-corrected chi connectivity index (χ0v) is 20.0. The van der Waals surface area contributed by atoms with Crippen LogP contribution in [0.15, 0.2) is 30.3 Å². The van der Waals surface area contributed by atoms with E-state index in [2.05, 4.69) is 0 Å². The molecular formula is C25H38O7. The number of carbonyl (C=O) groups is 1. The SMILES string of the molecule is CCCO[C@@H]1OC(C)[C@H](C)[C@H](O[C@@H]2OC(C)[C@H](C)[C@H](O)C2C)C1OC(=O)c1ccccc1. The molecule has 2 fully saturated rings. The Morgan fingerprint density at radius 2 is 1.53 bits per heavy atom. The van der Waals surface area contributed by atoms with E-state index in [4.69, 9.17) is 23.7 Å². The molecule has 2 aliphatic rings. The van der Waals surface area contributed by atoms with Gasteiger partial charge in [0.1, 0.15) is 6.10 Å². The first-order valence-electron chi connectivity index (χ1n) is 11.8. The van der Waals surface area contributed by atoms with Crippen LogP contribution in [-0.2, 0) is 23.7 Å². The molecule has 0 spiro atoms. The van der Waals surface area contributed by atoms with E-state index < -0.39 is 36.9 Å². The molecular weight excluding hydrogens is 412 g/mol. The lowest BCUT2D eigenvalue weighted by atomic mass is 9.86. The number of aliphatic hydroxyl groups excluding tert-OH is 1. The van der Waals surface area contributed by atoms with Crippen LogP contribution in [-0.4, -0.2) is 60.8 Å². The largest absolute Gasteiger partial charge is 0.451 e. The van der Waals surface area contributed by atoms with Crippen LogP contribution in [0.3, 0.4) is 0 Å². The summed E-state index contributed by atoms with van der Waals surface area (Å²) in [6.07, 6.45) is -2.74. The third-order valence-electron chi connectivity index (χ3n) is 6.83. The molecule has 0 radical (unpaired) electrons. The molecule has 1 aromatic rings. The van der Waals surface area contributed by atoms with Crippen molar-refractivity contribution in [1.82, 2.24) is 0 Å². The van der Waals surface area contributed by atoms with Crippen LogP contribution < -0.4 is 0 Å². The molecule has 0 amide bonds. The van der Waals surface area contributed by atoms with Crippen molar-refractivity contribution in [1.29, 1.82) is 0 Å². The fourth-order valence-electron chi connectivity index (χ4n) is 4.28. The molecule has 0 aromatic heterocycles. The van der Waals surface area contributed by atoms with E-state index in [1.54, 1.807) is 24.3 Å². The summed E-state index contributed by atoms with van der Waals surface area (Å²) in [7, 11) is 0. The average molecular weight is 451 g/mol. The van der Waals surface area contributed by atoms with Gasteiger partial charge in [-0.3, -0.25) is 0 Å². The summed E-state index contributed by atoms with van der Waals surface area (Å²) in [6, 6.07) is 8.85. The molecule has 1 N–H and O–H groups in total. The van der Waals surface area contributed by atoms with Crippen molar-refractivity contribution in [3.63, 3.8) is 0 Å². The fourth-order valence-corrected chi connectivity index (χ4v) is 4.28. The zero-order valence-electron chi connectivity index (χ0n) is 20.0. The van der Waals surface area contributed by atoms with E-state index >= 15 is 0 Å². The third-order valence-corrected chi connectivity index (χ3v) is 6.83. The Hall–Kier alpha value is -1.51. The zero-order chi connectivity index (χ0) is 23.4. The van der Waals surface area contributed by atoms with Gasteiger partial charge >= 0.3 is 5.97 Å². The highest BCUT2D eigenvalue weighted by atomic mass is 16.7. The Balaban J connectivity index is 1.85. The van der Waals surface area contributed by atoms with Crippen molar-refractivity contribution >= 4 is 5.97 Å². The summed E-state index contributed by atoms with van der Waals surface area (Å²) >= 11 is 0. The van der Waals surface area contributed by atoms with Crippen LogP contribution >= 0.6 is 0 Å². The number of esters is 1. The van der Waals surface area contributed by atoms with E-state index in [0.29, 0.717) is 12.2 Å². The Morgan fingerprint density at radius 3 is 2.19 bits per heavy atom. The number of hydrogen-bond donors (Lipinski definition) is 1. The van der Waals surface area contributed by atoms with E-state index in [-0.39, 0.29) is 30.0 Å². The Morgan fingerprint density at radius 1 is 0.906 bits per heavy atom. The number of ether oxygens (including phenoxy) is 5. The summed E-state index contributed by atoms with van der Waals surface area (Å²) < 4.78 is 30.5. The molecule has 2 aliphatic heterocycles. The van der Waals surface area contributed by atoms with Gasteiger partial charge < -0.3 is 28.8 Å². The second-order valence-corrected chi connectivity index (χ2v) is 9.19. The highest BCUT2D eigenvalue weighted by Gasteiger charge is 2.49. The minimum Gasteiger partial charge on any atom is -0.451 e. The molecule has 3 rings (SSSR count). The molecule has 7 heteroatoms. The van der Waals surface area contributed by atoms with Gasteiger partial charge in [0, 0.05) is 24.4 Å². The monoisotopic (exact) mass is 450 g/mol. The van der Waals surface area contributed by atoms with Crippen LogP contribution in [0.25, 0.3) is 0 Å². The van der Waals surface area contributed by atoms with Crippen LogP contribution in [0.4, 0.5) is 0 Å². The van der Waals surface area contributed by atoms with Gasteiger partial charge in [0.05, 0.1) is 23.9 Å². The summed E-state index contributed by atoms with van der Waals surface area (Å²) in [5.41, 5.74) is 0.451. The lowest BCUT2D eigenvalue weighted by Crippen LogP contribution is -2.59. The molecule has 7 nitrogen and oxygen atoms in total. The summed E-state index contributed by atoms with van der Waals surface area (Å²) in [4.78, 5) is 12.9. The molecule has 1 aromatic carbocycles. The first-order valence-corrected chi connectivity index (χ1v) is 11.8. The smallest absolute Gasteiger partial charge is 0.338 e. The van der Waals surface area contributed by atoms with Gasteiger partial charge in [-0.15, -0.1) is 0 Å². The third kappa shape index (κ3) is 5.51. The minimum atomic E-state index is -0.775. The maximum Gasteiger partial charge on any atom is 0.338 e. The molecule has 180 valence electrons. The van der Waals surface area contributed by atoms with Gasteiger partial charge in [0.25, 0.3) is 0 Å². The second-order valence-electron chi connectivity index (χ2n) is 9.19. The van der Waals surface area contributed by atoms with E-state index in [9.17, 15) is 9.90 Å². The highest BCUT2D eigenvalue weighted by Crippen LogP contribution is 2.36. The highest BCUT2D eigenvalue weighted by molar-refractivity contribution is 5.89. The Kier molecular flexibility index (Phi) is 8.69. The minimum absolute atomic E-state index is 0.00299. The van der Waals surface area contributed by atoms with Crippen molar-refractivity contribution in [2.45, 2.75) is 91.1 Å². The standard InChI is InChI=1S/C25H38O7/c1-7-13-28-25-22(31-23(27)19-11-9-8-10-12-19)21(15(3)18(6)30-25)32-24-16(4)20(26)14(2)17(5)29-24/h8-12,14-18,20-22,24-26H,7,13H2,1-6H3/t14-,15-,16?,17?,18?,20-,21-,22?,24-,25+/m0/s1. The van der Waals surface area contributed by atoms with Crippen LogP contribution in [0.5, 0.6) is 0 Å². The Bertz CT molecular complexity index is 726. The number of hydrogen-bond acceptors (Lipinski definition) is 7. The van der Waals surface area contributed by atoms with Crippen molar-refractivity contribution in [3.8, 4) is 0 Å². The average Bonchev–Trinajstić information content (AvgIpc) is 2.79. The van der Waals surface area contributed by atoms with Gasteiger partial charge in [0.2, 0.25) is 0 Å². The summed E-state index contributed by atoms with van der Waals surface area (Å²) in [5, 5.41) is 10.7. The van der Waals surface area contributed by atoms with Crippen LogP contribution in [0.1, 0.15) is 58.3 Å². The van der Waals surface area contributed by atoms with Crippen LogP contribution in [0.2, 0.25) is 0 Å². The normalized spacial score (nSPS) is 40.1. The van der Waals surface area contributed by atoms with Gasteiger partial charge in [-0.2, -0.15) is 0 Å². The first-order chi connectivity index (χ1) is 15.2. The lowest BCUT2D eigenvalue weighted by Gasteiger charge is -2.47. The van der Waals surface area contributed by atoms with E-state index in [1.165, 1.54) is 0 Å². The van der Waals surface area contributed by atoms with Gasteiger partial charge in [0.15, 0.2) is 18.7 Å². The molecule has 0 bridgehead atoms. The number of aliphatic hydroxyl groups is 1. The van der Waals surface area contributed by atoms with E-state index in [0.717, 1.165) is 6.42 Å². The van der Waals surface area contributed by atoms with E-state index in [1.807, 2.05) is 47.6 Å². The second kappa shape index (κ2) is 11.1. The maximum absolute atomic E-state index is 12.9. The molecule has 32 heavy (non-hydrogen) atoms. The van der Waals surface area contributed by atoms with Crippen LogP contribution in [0, 0.1) is 17.8 Å². The quantitative estimate of drug-likeness (QED) is 0.633. The van der Waals surface area contributed by atoms with Crippen molar-refractivity contribution in [2.75, 3.05) is 6.61 Å². The maximum atomic E-state index is 12.9. The van der Waals surface area contributed by atoms with Crippen molar-refractivity contribution in [2.24, 2.45) is 17.8 Å². The number of rotatable bonds is 7. The molecule has 10 atom stereocenters. The lowest BCUT2D eigenvalue weighted by molar-refractivity contribution is -0.333. The van der Waals surface area contributed by atoms with Gasteiger partial charge in [-0.1, -0.05) is 45.9 Å². The van der Waals surface area contributed by atoms with Crippen molar-refractivity contribution in [3.05, 3.63) is 35.9 Å². The van der Waals surface area contributed by atoms with Gasteiger partial charge in [-0.05, 0) is 32.4 Å². The molecule has 2 saturated heterocycles. The molecule has 2 heterocycles. The Labute approximate surface area is 191 Å².